The summed E-state index contributed by atoms with van der Waals surface area (Å²) < 4.78 is 8.05. The summed E-state index contributed by atoms with van der Waals surface area (Å²) in [5, 5.41) is 10.9. The molecule has 6 heteroatoms. The highest BCUT2D eigenvalue weighted by Crippen LogP contribution is 2.37. The van der Waals surface area contributed by atoms with Gasteiger partial charge in [-0.05, 0) is 66.1 Å². The second kappa shape index (κ2) is 7.09. The van der Waals surface area contributed by atoms with E-state index < -0.39 is 5.97 Å². The number of benzene rings is 2. The number of hydrogen-bond acceptors (Lipinski definition) is 3. The minimum Gasteiger partial charge on any atom is -0.493 e. The Kier molecular flexibility index (Phi) is 4.75. The van der Waals surface area contributed by atoms with Crippen molar-refractivity contribution in [2.45, 2.75) is 26.2 Å². The molecule has 0 saturated heterocycles. The Morgan fingerprint density at radius 1 is 1.29 bits per heavy atom. The fourth-order valence-corrected chi connectivity index (χ4v) is 4.60. The third-order valence-corrected chi connectivity index (χ3v) is 5.76. The first-order valence-electron chi connectivity index (χ1n) is 9.16. The molecule has 0 bridgehead atoms. The molecule has 28 heavy (non-hydrogen) atoms. The van der Waals surface area contributed by atoms with E-state index in [1.165, 1.54) is 4.57 Å². The van der Waals surface area contributed by atoms with Gasteiger partial charge < -0.3 is 14.4 Å². The number of carboxylic acids is 1. The predicted molar refractivity (Wildman–Crippen MR) is 112 cm³/mol. The molecule has 0 saturated carbocycles. The van der Waals surface area contributed by atoms with E-state index in [1.807, 2.05) is 31.2 Å². The SMILES string of the molecule is Cc1cc(Br)cc2c(-c3ccc4c(c3)CCCO4)c(CC(=O)O)n(C)c(=O)c12. The molecule has 5 nitrogen and oxygen atoms in total. The van der Waals surface area contributed by atoms with Gasteiger partial charge in [-0.15, -0.1) is 0 Å². The monoisotopic (exact) mass is 441 g/mol. The Labute approximate surface area is 170 Å². The van der Waals surface area contributed by atoms with Crippen LogP contribution < -0.4 is 10.3 Å². The highest BCUT2D eigenvalue weighted by atomic mass is 79.9. The van der Waals surface area contributed by atoms with E-state index in [2.05, 4.69) is 22.0 Å². The van der Waals surface area contributed by atoms with Crippen molar-refractivity contribution >= 4 is 32.7 Å². The van der Waals surface area contributed by atoms with Crippen LogP contribution >= 0.6 is 15.9 Å². The largest absolute Gasteiger partial charge is 0.493 e. The van der Waals surface area contributed by atoms with E-state index in [0.29, 0.717) is 17.7 Å². The smallest absolute Gasteiger partial charge is 0.309 e. The summed E-state index contributed by atoms with van der Waals surface area (Å²) in [5.41, 5.74) is 3.98. The zero-order chi connectivity index (χ0) is 20.0. The van der Waals surface area contributed by atoms with Crippen LogP contribution in [-0.4, -0.2) is 22.2 Å². The summed E-state index contributed by atoms with van der Waals surface area (Å²) in [6.45, 7) is 2.61. The molecule has 0 aliphatic carbocycles. The number of nitrogens with zero attached hydrogens (tertiary/aromatic N) is 1. The summed E-state index contributed by atoms with van der Waals surface area (Å²) in [6.07, 6.45) is 1.65. The van der Waals surface area contributed by atoms with E-state index in [-0.39, 0.29) is 12.0 Å². The number of aryl methyl sites for hydroxylation is 2. The summed E-state index contributed by atoms with van der Waals surface area (Å²) in [4.78, 5) is 24.6. The lowest BCUT2D eigenvalue weighted by Gasteiger charge is -2.21. The number of ether oxygens (including phenoxy) is 1. The molecule has 1 aromatic heterocycles. The first-order valence-corrected chi connectivity index (χ1v) is 9.95. The topological polar surface area (TPSA) is 68.5 Å². The minimum absolute atomic E-state index is 0.179. The number of carboxylic acid groups (broad SMARTS) is 1. The molecule has 2 heterocycles. The van der Waals surface area contributed by atoms with Crippen LogP contribution in [0.2, 0.25) is 0 Å². The van der Waals surface area contributed by atoms with Gasteiger partial charge >= 0.3 is 5.97 Å². The lowest BCUT2D eigenvalue weighted by molar-refractivity contribution is -0.136. The van der Waals surface area contributed by atoms with Gasteiger partial charge in [-0.3, -0.25) is 9.59 Å². The Balaban J connectivity index is 2.12. The van der Waals surface area contributed by atoms with Crippen LogP contribution in [0.25, 0.3) is 21.9 Å². The molecule has 0 amide bonds. The van der Waals surface area contributed by atoms with Crippen LogP contribution in [-0.2, 0) is 24.7 Å². The van der Waals surface area contributed by atoms with Crippen LogP contribution in [0.15, 0.2) is 39.6 Å². The first kappa shape index (κ1) is 18.7. The van der Waals surface area contributed by atoms with E-state index >= 15 is 0 Å². The number of carbonyl (C=O) groups is 1. The van der Waals surface area contributed by atoms with Crippen molar-refractivity contribution in [1.82, 2.24) is 4.57 Å². The zero-order valence-electron chi connectivity index (χ0n) is 15.7. The summed E-state index contributed by atoms with van der Waals surface area (Å²) in [5.74, 6) is -0.0927. The van der Waals surface area contributed by atoms with Crippen molar-refractivity contribution in [2.75, 3.05) is 6.61 Å². The number of aliphatic carboxylic acids is 1. The highest BCUT2D eigenvalue weighted by molar-refractivity contribution is 9.10. The molecule has 0 fully saturated rings. The van der Waals surface area contributed by atoms with Crippen molar-refractivity contribution in [3.8, 4) is 16.9 Å². The van der Waals surface area contributed by atoms with Gasteiger partial charge in [-0.2, -0.15) is 0 Å². The third-order valence-electron chi connectivity index (χ3n) is 5.30. The molecule has 2 aromatic carbocycles. The fraction of sp³-hybridized carbons (Fsp3) is 0.273. The molecule has 0 unspecified atom stereocenters. The lowest BCUT2D eigenvalue weighted by atomic mass is 9.92. The van der Waals surface area contributed by atoms with Crippen LogP contribution in [0.3, 0.4) is 0 Å². The lowest BCUT2D eigenvalue weighted by Crippen LogP contribution is -2.24. The average molecular weight is 442 g/mol. The molecule has 1 aliphatic rings. The Morgan fingerprint density at radius 2 is 2.07 bits per heavy atom. The molecule has 144 valence electrons. The number of pyridine rings is 1. The standard InChI is InChI=1S/C22H20BrNO4/c1-12-8-15(23)10-16-20(12)22(27)24(2)17(11-19(25)26)21(16)14-5-6-18-13(9-14)4-3-7-28-18/h5-6,8-10H,3-4,7,11H2,1-2H3,(H,25,26). The molecule has 1 aliphatic heterocycles. The van der Waals surface area contributed by atoms with Gasteiger partial charge in [0.2, 0.25) is 0 Å². The second-order valence-corrected chi connectivity index (χ2v) is 8.09. The van der Waals surface area contributed by atoms with Crippen LogP contribution in [0.1, 0.15) is 23.2 Å². The van der Waals surface area contributed by atoms with Crippen molar-refractivity contribution in [1.29, 1.82) is 0 Å². The Morgan fingerprint density at radius 3 is 2.82 bits per heavy atom. The van der Waals surface area contributed by atoms with E-state index in [4.69, 9.17) is 4.74 Å². The highest BCUT2D eigenvalue weighted by Gasteiger charge is 2.21. The number of hydrogen-bond donors (Lipinski definition) is 1. The summed E-state index contributed by atoms with van der Waals surface area (Å²) in [6, 6.07) is 9.77. The van der Waals surface area contributed by atoms with Gasteiger partial charge in [-0.1, -0.05) is 22.0 Å². The number of aromatic nitrogens is 1. The molecule has 0 spiro atoms. The predicted octanol–water partition coefficient (Wildman–Crippen LogP) is 4.23. The zero-order valence-corrected chi connectivity index (χ0v) is 17.3. The molecule has 1 N–H and O–H groups in total. The second-order valence-electron chi connectivity index (χ2n) is 7.18. The van der Waals surface area contributed by atoms with Crippen molar-refractivity contribution in [3.63, 3.8) is 0 Å². The first-order chi connectivity index (χ1) is 13.4. The maximum absolute atomic E-state index is 13.0. The van der Waals surface area contributed by atoms with E-state index in [9.17, 15) is 14.7 Å². The Hall–Kier alpha value is -2.60. The quantitative estimate of drug-likeness (QED) is 0.660. The maximum Gasteiger partial charge on any atom is 0.309 e. The average Bonchev–Trinajstić information content (AvgIpc) is 2.65. The van der Waals surface area contributed by atoms with Crippen molar-refractivity contribution < 1.29 is 14.6 Å². The van der Waals surface area contributed by atoms with Crippen molar-refractivity contribution in [2.24, 2.45) is 7.05 Å². The molecule has 3 aromatic rings. The van der Waals surface area contributed by atoms with Gasteiger partial charge in [0.15, 0.2) is 0 Å². The van der Waals surface area contributed by atoms with Gasteiger partial charge in [0, 0.05) is 22.8 Å². The fourth-order valence-electron chi connectivity index (χ4n) is 4.03. The molecular weight excluding hydrogens is 422 g/mol. The summed E-state index contributed by atoms with van der Waals surface area (Å²) in [7, 11) is 1.65. The normalized spacial score (nSPS) is 13.2. The van der Waals surface area contributed by atoms with E-state index in [1.54, 1.807) is 7.05 Å². The van der Waals surface area contributed by atoms with Gasteiger partial charge in [0.1, 0.15) is 5.75 Å². The third kappa shape index (κ3) is 3.11. The van der Waals surface area contributed by atoms with Crippen LogP contribution in [0.4, 0.5) is 0 Å². The number of halogens is 1. The number of rotatable bonds is 3. The maximum atomic E-state index is 13.0. The molecular formula is C22H20BrNO4. The van der Waals surface area contributed by atoms with Crippen LogP contribution in [0.5, 0.6) is 5.75 Å². The molecule has 0 radical (unpaired) electrons. The molecule has 4 rings (SSSR count). The van der Waals surface area contributed by atoms with Crippen molar-refractivity contribution in [3.05, 3.63) is 62.0 Å². The van der Waals surface area contributed by atoms with Gasteiger partial charge in [0.05, 0.1) is 18.4 Å². The van der Waals surface area contributed by atoms with E-state index in [0.717, 1.165) is 50.7 Å². The van der Waals surface area contributed by atoms with Gasteiger partial charge in [0.25, 0.3) is 5.56 Å². The Bertz CT molecular complexity index is 1180. The minimum atomic E-state index is -0.969. The number of fused-ring (bicyclic) bond motifs is 2. The van der Waals surface area contributed by atoms with Crippen LogP contribution in [0, 0.1) is 6.92 Å². The molecule has 0 atom stereocenters. The summed E-state index contributed by atoms with van der Waals surface area (Å²) >= 11 is 3.52. The van der Waals surface area contributed by atoms with Gasteiger partial charge in [-0.25, -0.2) is 0 Å².